The van der Waals surface area contributed by atoms with Crippen LogP contribution in [0.5, 0.6) is 5.75 Å². The lowest BCUT2D eigenvalue weighted by molar-refractivity contribution is -0.142. The fourth-order valence-electron chi connectivity index (χ4n) is 1.87. The second-order valence-corrected chi connectivity index (χ2v) is 6.32. The van der Waals surface area contributed by atoms with Crippen molar-refractivity contribution in [3.63, 3.8) is 0 Å². The first-order valence-electron chi connectivity index (χ1n) is 6.74. The molecule has 25 heavy (non-hydrogen) atoms. The molecule has 12 heteroatoms. The van der Waals surface area contributed by atoms with Gasteiger partial charge in [0, 0.05) is 11.3 Å². The number of pyridine rings is 1. The van der Waals surface area contributed by atoms with Gasteiger partial charge < -0.3 is 13.9 Å². The Hall–Kier alpha value is -2.37. The zero-order valence-corrected chi connectivity index (χ0v) is 14.1. The Kier molecular flexibility index (Phi) is 6.00. The minimum Gasteiger partial charge on any atom is -0.466 e. The largest absolute Gasteiger partial charge is 0.534 e. The van der Waals surface area contributed by atoms with E-state index in [4.69, 9.17) is 0 Å². The molecular weight excluding hydrogens is 371 g/mol. The fourth-order valence-corrected chi connectivity index (χ4v) is 2.37. The van der Waals surface area contributed by atoms with E-state index < -0.39 is 56.2 Å². The first-order chi connectivity index (χ1) is 11.3. The molecular formula is C13H14F3NO7S. The zero-order valence-electron chi connectivity index (χ0n) is 13.3. The number of carbonyl (C=O) groups excluding carboxylic acids is 2. The van der Waals surface area contributed by atoms with E-state index in [0.717, 1.165) is 6.92 Å². The molecule has 0 aliphatic carbocycles. The van der Waals surface area contributed by atoms with Gasteiger partial charge in [-0.1, -0.05) is 0 Å². The third-order valence-corrected chi connectivity index (χ3v) is 3.89. The molecule has 0 aliphatic rings. The van der Waals surface area contributed by atoms with Crippen LogP contribution < -0.4 is 9.74 Å². The van der Waals surface area contributed by atoms with Crippen LogP contribution in [0.15, 0.2) is 4.79 Å². The van der Waals surface area contributed by atoms with Crippen LogP contribution in [0.4, 0.5) is 13.2 Å². The number of nitrogens with one attached hydrogen (secondary N) is 1. The quantitative estimate of drug-likeness (QED) is 0.338. The Balaban J connectivity index is 3.67. The van der Waals surface area contributed by atoms with Gasteiger partial charge in [0.05, 0.1) is 13.0 Å². The predicted molar refractivity (Wildman–Crippen MR) is 77.7 cm³/mol. The number of aromatic amines is 1. The highest BCUT2D eigenvalue weighted by Crippen LogP contribution is 2.32. The number of esters is 1. The number of ketones is 1. The van der Waals surface area contributed by atoms with Crippen LogP contribution in [0.25, 0.3) is 0 Å². The van der Waals surface area contributed by atoms with Crippen molar-refractivity contribution in [1.29, 1.82) is 0 Å². The molecule has 0 unspecified atom stereocenters. The first kappa shape index (κ1) is 20.7. The summed E-state index contributed by atoms with van der Waals surface area (Å²) >= 11 is 0. The normalized spacial score (nSPS) is 11.9. The third kappa shape index (κ3) is 4.59. The Labute approximate surface area is 140 Å². The minimum atomic E-state index is -6.17. The van der Waals surface area contributed by atoms with Gasteiger partial charge in [0.15, 0.2) is 11.5 Å². The van der Waals surface area contributed by atoms with Crippen LogP contribution in [0.2, 0.25) is 0 Å². The molecule has 0 bridgehead atoms. The summed E-state index contributed by atoms with van der Waals surface area (Å²) in [7, 11) is -6.17. The van der Waals surface area contributed by atoms with Gasteiger partial charge in [-0.25, -0.2) is 0 Å². The van der Waals surface area contributed by atoms with Crippen molar-refractivity contribution in [2.24, 2.45) is 0 Å². The molecule has 0 aliphatic heterocycles. The van der Waals surface area contributed by atoms with Crippen molar-refractivity contribution in [3.8, 4) is 5.75 Å². The number of aryl methyl sites for hydroxylation is 1. The number of Topliss-reactive ketones (excluding diaryl/α,β-unsaturated/α-hetero) is 1. The standard InChI is InChI=1S/C13H14F3NO7S/c1-4-23-9(19)5-8-6(2)17-12(20)10(7(3)18)11(8)24-25(21,22)13(14,15)16/h4-5H2,1-3H3,(H,17,20). The number of alkyl halides is 3. The molecule has 0 amide bonds. The number of hydrogen-bond donors (Lipinski definition) is 1. The van der Waals surface area contributed by atoms with Gasteiger partial charge in [-0.15, -0.1) is 0 Å². The Morgan fingerprint density at radius 1 is 1.24 bits per heavy atom. The van der Waals surface area contributed by atoms with Gasteiger partial charge in [-0.2, -0.15) is 21.6 Å². The minimum absolute atomic E-state index is 0.0438. The number of hydrogen-bond acceptors (Lipinski definition) is 7. The summed E-state index contributed by atoms with van der Waals surface area (Å²) in [5.41, 5.74) is -8.44. The van der Waals surface area contributed by atoms with E-state index in [1.807, 2.05) is 0 Å². The third-order valence-electron chi connectivity index (χ3n) is 2.94. The summed E-state index contributed by atoms with van der Waals surface area (Å²) in [6, 6.07) is 0. The molecule has 0 radical (unpaired) electrons. The summed E-state index contributed by atoms with van der Waals surface area (Å²) in [5, 5.41) is 0. The summed E-state index contributed by atoms with van der Waals surface area (Å²) in [4.78, 5) is 37.2. The lowest BCUT2D eigenvalue weighted by atomic mass is 10.0. The van der Waals surface area contributed by atoms with Crippen molar-refractivity contribution < 1.29 is 40.1 Å². The highest BCUT2D eigenvalue weighted by Gasteiger charge is 2.49. The Bertz CT molecular complexity index is 856. The summed E-state index contributed by atoms with van der Waals surface area (Å²) in [5.74, 6) is -3.10. The van der Waals surface area contributed by atoms with E-state index in [9.17, 15) is 36.0 Å². The highest BCUT2D eigenvalue weighted by atomic mass is 32.2. The molecule has 0 spiro atoms. The Morgan fingerprint density at radius 3 is 2.24 bits per heavy atom. The number of ether oxygens (including phenoxy) is 1. The topological polar surface area (TPSA) is 120 Å². The molecule has 0 atom stereocenters. The van der Waals surface area contributed by atoms with Gasteiger partial charge in [-0.05, 0) is 20.8 Å². The number of rotatable bonds is 6. The summed E-state index contributed by atoms with van der Waals surface area (Å²) in [6.07, 6.45) is -0.709. The van der Waals surface area contributed by atoms with Crippen molar-refractivity contribution >= 4 is 21.9 Å². The van der Waals surface area contributed by atoms with Crippen LogP contribution in [0, 0.1) is 6.92 Å². The average Bonchev–Trinajstić information content (AvgIpc) is 2.41. The second kappa shape index (κ2) is 7.25. The molecule has 140 valence electrons. The molecule has 1 N–H and O–H groups in total. The molecule has 0 saturated carbocycles. The molecule has 1 aromatic heterocycles. The van der Waals surface area contributed by atoms with Crippen LogP contribution in [0.1, 0.15) is 35.5 Å². The maximum absolute atomic E-state index is 12.6. The molecule has 0 fully saturated rings. The first-order valence-corrected chi connectivity index (χ1v) is 8.15. The van der Waals surface area contributed by atoms with E-state index in [1.165, 1.54) is 13.8 Å². The predicted octanol–water partition coefficient (Wildman–Crippen LogP) is 1.22. The van der Waals surface area contributed by atoms with E-state index in [2.05, 4.69) is 13.9 Å². The van der Waals surface area contributed by atoms with Gasteiger partial charge in [0.25, 0.3) is 5.56 Å². The number of halogens is 3. The van der Waals surface area contributed by atoms with Crippen LogP contribution >= 0.6 is 0 Å². The maximum atomic E-state index is 12.6. The van der Waals surface area contributed by atoms with Gasteiger partial charge in [0.2, 0.25) is 0 Å². The molecule has 1 aromatic rings. The number of aromatic nitrogens is 1. The Morgan fingerprint density at radius 2 is 1.80 bits per heavy atom. The fraction of sp³-hybridized carbons (Fsp3) is 0.462. The van der Waals surface area contributed by atoms with Crippen molar-refractivity contribution in [1.82, 2.24) is 4.98 Å². The van der Waals surface area contributed by atoms with Crippen LogP contribution in [-0.2, 0) is 26.1 Å². The summed E-state index contributed by atoms with van der Waals surface area (Å²) in [6.45, 7) is 3.47. The smallest absolute Gasteiger partial charge is 0.466 e. The van der Waals surface area contributed by atoms with E-state index >= 15 is 0 Å². The van der Waals surface area contributed by atoms with Crippen LogP contribution in [-0.4, -0.2) is 37.3 Å². The second-order valence-electron chi connectivity index (χ2n) is 4.78. The van der Waals surface area contributed by atoms with Crippen LogP contribution in [0.3, 0.4) is 0 Å². The molecule has 0 saturated heterocycles. The number of carbonyl (C=O) groups is 2. The van der Waals surface area contributed by atoms with Gasteiger partial charge >= 0.3 is 21.6 Å². The number of H-pyrrole nitrogens is 1. The SMILES string of the molecule is CCOC(=O)Cc1c(C)[nH]c(=O)c(C(C)=O)c1OS(=O)(=O)C(F)(F)F. The van der Waals surface area contributed by atoms with E-state index in [1.54, 1.807) is 0 Å². The monoisotopic (exact) mass is 385 g/mol. The zero-order chi connectivity index (χ0) is 19.6. The molecule has 8 nitrogen and oxygen atoms in total. The van der Waals surface area contributed by atoms with Gasteiger partial charge in [-0.3, -0.25) is 14.4 Å². The average molecular weight is 385 g/mol. The lowest BCUT2D eigenvalue weighted by Crippen LogP contribution is -2.31. The maximum Gasteiger partial charge on any atom is 0.534 e. The van der Waals surface area contributed by atoms with Gasteiger partial charge in [0.1, 0.15) is 5.56 Å². The molecule has 1 rings (SSSR count). The van der Waals surface area contributed by atoms with E-state index in [-0.39, 0.29) is 12.3 Å². The van der Waals surface area contributed by atoms with Crippen molar-refractivity contribution in [2.75, 3.05) is 6.61 Å². The highest BCUT2D eigenvalue weighted by molar-refractivity contribution is 7.88. The van der Waals surface area contributed by atoms with E-state index in [0.29, 0.717) is 0 Å². The summed E-state index contributed by atoms with van der Waals surface area (Å²) < 4.78 is 69.0. The molecule has 1 heterocycles. The van der Waals surface area contributed by atoms with Crippen molar-refractivity contribution in [2.45, 2.75) is 32.7 Å². The van der Waals surface area contributed by atoms with Crippen molar-refractivity contribution in [3.05, 3.63) is 27.2 Å². The molecule has 0 aromatic carbocycles. The lowest BCUT2D eigenvalue weighted by Gasteiger charge is -2.16.